The molecule has 0 aliphatic heterocycles. The predicted octanol–water partition coefficient (Wildman–Crippen LogP) is 7.51. The van der Waals surface area contributed by atoms with Gasteiger partial charge in [-0.15, -0.1) is 0 Å². The standard InChI is InChI=1S/C17H11ClN2.C11H9F5N2O3.C2H6/c1-11-4-6-15(17-13(11)3-2-8-20-17)14-7-5-12(10-19)9-16(14)18;12-6-1-5(18-4-11(14,15)16)2-7(13)9(6)10(21)17-3-8(19)20;1-2/h2-9H,1H3;1-2,18H,3-4H2,(H,17,21)(H,19,20);1-2H3. The highest BCUT2D eigenvalue weighted by atomic mass is 35.5. The average molecular weight is 621 g/mol. The van der Waals surface area contributed by atoms with Gasteiger partial charge in [-0.1, -0.05) is 49.7 Å². The Morgan fingerprint density at radius 3 is 2.21 bits per heavy atom. The van der Waals surface area contributed by atoms with Gasteiger partial charge in [-0.05, 0) is 42.8 Å². The van der Waals surface area contributed by atoms with Gasteiger partial charge in [-0.2, -0.15) is 18.4 Å². The zero-order chi connectivity index (χ0) is 32.3. The van der Waals surface area contributed by atoms with Crippen LogP contribution in [-0.4, -0.2) is 41.2 Å². The summed E-state index contributed by atoms with van der Waals surface area (Å²) < 4.78 is 62.9. The molecule has 1 amide bonds. The number of hydrogen-bond acceptors (Lipinski definition) is 5. The van der Waals surface area contributed by atoms with E-state index in [9.17, 15) is 31.5 Å². The van der Waals surface area contributed by atoms with Crippen LogP contribution in [0.5, 0.6) is 0 Å². The summed E-state index contributed by atoms with van der Waals surface area (Å²) >= 11 is 6.30. The summed E-state index contributed by atoms with van der Waals surface area (Å²) in [6.45, 7) is 3.70. The first-order chi connectivity index (χ1) is 20.3. The van der Waals surface area contributed by atoms with Crippen molar-refractivity contribution < 1.29 is 36.6 Å². The van der Waals surface area contributed by atoms with Crippen LogP contribution in [0.15, 0.2) is 60.8 Å². The van der Waals surface area contributed by atoms with E-state index in [2.05, 4.69) is 30.1 Å². The van der Waals surface area contributed by atoms with E-state index in [1.165, 1.54) is 5.56 Å². The summed E-state index contributed by atoms with van der Waals surface area (Å²) in [7, 11) is 0. The molecule has 3 N–H and O–H groups in total. The molecule has 1 heterocycles. The first-order valence-corrected chi connectivity index (χ1v) is 13.0. The van der Waals surface area contributed by atoms with E-state index in [0.717, 1.165) is 22.0 Å². The van der Waals surface area contributed by atoms with E-state index < -0.39 is 54.0 Å². The third-order valence-electron chi connectivity index (χ3n) is 5.54. The number of nitriles is 1. The zero-order valence-electron chi connectivity index (χ0n) is 23.1. The van der Waals surface area contributed by atoms with Crippen LogP contribution >= 0.6 is 11.6 Å². The van der Waals surface area contributed by atoms with Crippen LogP contribution in [0.1, 0.15) is 35.3 Å². The van der Waals surface area contributed by atoms with Crippen molar-refractivity contribution in [3.8, 4) is 17.2 Å². The third kappa shape index (κ3) is 9.65. The number of fused-ring (bicyclic) bond motifs is 1. The van der Waals surface area contributed by atoms with Crippen molar-refractivity contribution in [2.45, 2.75) is 26.9 Å². The number of pyridine rings is 1. The number of aromatic nitrogens is 1. The van der Waals surface area contributed by atoms with Gasteiger partial charge in [0.05, 0.1) is 17.1 Å². The number of nitrogens with zero attached hydrogens (tertiary/aromatic N) is 2. The van der Waals surface area contributed by atoms with Crippen molar-refractivity contribution in [2.75, 3.05) is 18.4 Å². The Morgan fingerprint density at radius 2 is 1.65 bits per heavy atom. The smallest absolute Gasteiger partial charge is 0.405 e. The first-order valence-electron chi connectivity index (χ1n) is 12.6. The van der Waals surface area contributed by atoms with Gasteiger partial charge in [0.1, 0.15) is 30.3 Å². The number of hydrogen-bond donors (Lipinski definition) is 3. The van der Waals surface area contributed by atoms with Gasteiger partial charge < -0.3 is 15.7 Å². The fourth-order valence-electron chi connectivity index (χ4n) is 3.67. The molecule has 7 nitrogen and oxygen atoms in total. The van der Waals surface area contributed by atoms with E-state index in [1.54, 1.807) is 29.0 Å². The van der Waals surface area contributed by atoms with Crippen LogP contribution in [0.25, 0.3) is 22.0 Å². The third-order valence-corrected chi connectivity index (χ3v) is 5.85. The predicted molar refractivity (Wildman–Crippen MR) is 154 cm³/mol. The van der Waals surface area contributed by atoms with Crippen LogP contribution in [0.3, 0.4) is 0 Å². The number of amides is 1. The Kier molecular flexibility index (Phi) is 12.4. The Hall–Kier alpha value is -4.76. The quantitative estimate of drug-likeness (QED) is 0.192. The molecule has 3 aromatic carbocycles. The maximum atomic E-state index is 13.5. The molecule has 0 saturated carbocycles. The molecular weight excluding hydrogens is 595 g/mol. The number of carboxylic acid groups (broad SMARTS) is 1. The lowest BCUT2D eigenvalue weighted by molar-refractivity contribution is -0.135. The van der Waals surface area contributed by atoms with E-state index in [-0.39, 0.29) is 0 Å². The maximum Gasteiger partial charge on any atom is 0.405 e. The number of aliphatic carboxylic acids is 1. The lowest BCUT2D eigenvalue weighted by atomic mass is 9.98. The lowest BCUT2D eigenvalue weighted by Crippen LogP contribution is -2.30. The highest BCUT2D eigenvalue weighted by Crippen LogP contribution is 2.34. The highest BCUT2D eigenvalue weighted by molar-refractivity contribution is 6.33. The van der Waals surface area contributed by atoms with Gasteiger partial charge >= 0.3 is 12.1 Å². The molecular formula is C30H26ClF5N4O3. The molecule has 0 radical (unpaired) electrons. The number of anilines is 1. The second-order valence-electron chi connectivity index (χ2n) is 8.50. The van der Waals surface area contributed by atoms with E-state index in [4.69, 9.17) is 22.0 Å². The number of nitrogens with one attached hydrogen (secondary N) is 2. The van der Waals surface area contributed by atoms with E-state index in [0.29, 0.717) is 22.7 Å². The van der Waals surface area contributed by atoms with Gasteiger partial charge in [-0.25, -0.2) is 8.78 Å². The maximum absolute atomic E-state index is 13.5. The number of carboxylic acids is 1. The van der Waals surface area contributed by atoms with Crippen molar-refractivity contribution >= 4 is 40.1 Å². The monoisotopic (exact) mass is 620 g/mol. The first kappa shape index (κ1) is 34.4. The Labute approximate surface area is 248 Å². The van der Waals surface area contributed by atoms with E-state index >= 15 is 0 Å². The molecule has 0 aliphatic rings. The topological polar surface area (TPSA) is 115 Å². The minimum Gasteiger partial charge on any atom is -0.480 e. The molecule has 1 aromatic heterocycles. The Morgan fingerprint density at radius 1 is 1.02 bits per heavy atom. The van der Waals surface area contributed by atoms with E-state index in [1.807, 2.05) is 32.0 Å². The number of alkyl halides is 3. The van der Waals surface area contributed by atoms with Gasteiger partial charge in [0.2, 0.25) is 0 Å². The minimum absolute atomic E-state index is 0.503. The minimum atomic E-state index is -4.58. The fraction of sp³-hybridized carbons (Fsp3) is 0.200. The number of aryl methyl sites for hydroxylation is 1. The SMILES string of the molecule is CC.Cc1ccc(-c2ccc(C#N)cc2Cl)c2ncccc12.O=C(O)CNC(=O)c1c(F)cc(NCC(F)(F)F)cc1F. The van der Waals surface area contributed by atoms with Crippen molar-refractivity contribution in [2.24, 2.45) is 0 Å². The van der Waals surface area contributed by atoms with Crippen LogP contribution in [-0.2, 0) is 4.79 Å². The molecule has 0 atom stereocenters. The van der Waals surface area contributed by atoms with Crippen LogP contribution in [0.4, 0.5) is 27.6 Å². The molecule has 0 bridgehead atoms. The van der Waals surface area contributed by atoms with Crippen LogP contribution in [0, 0.1) is 29.9 Å². The Balaban J connectivity index is 0.000000284. The molecule has 0 spiro atoms. The lowest BCUT2D eigenvalue weighted by Gasteiger charge is -2.11. The largest absolute Gasteiger partial charge is 0.480 e. The van der Waals surface area contributed by atoms with Crippen molar-refractivity contribution in [3.63, 3.8) is 0 Å². The second-order valence-corrected chi connectivity index (χ2v) is 8.90. The van der Waals surface area contributed by atoms with Crippen LogP contribution < -0.4 is 10.6 Å². The van der Waals surface area contributed by atoms with Gasteiger partial charge in [-0.3, -0.25) is 14.6 Å². The number of carbonyl (C=O) groups is 2. The molecule has 43 heavy (non-hydrogen) atoms. The van der Waals surface area contributed by atoms with Gasteiger partial charge in [0, 0.05) is 33.4 Å². The number of carbonyl (C=O) groups excluding carboxylic acids is 1. The Bertz CT molecular complexity index is 1630. The zero-order valence-corrected chi connectivity index (χ0v) is 23.9. The molecule has 0 unspecified atom stereocenters. The van der Waals surface area contributed by atoms with Crippen molar-refractivity contribution in [1.29, 1.82) is 5.26 Å². The highest BCUT2D eigenvalue weighted by Gasteiger charge is 2.27. The van der Waals surface area contributed by atoms with Crippen LogP contribution in [0.2, 0.25) is 5.02 Å². The molecule has 13 heteroatoms. The van der Waals surface area contributed by atoms with Crippen molar-refractivity contribution in [1.82, 2.24) is 10.3 Å². The number of rotatable bonds is 6. The van der Waals surface area contributed by atoms with Crippen molar-refractivity contribution in [3.05, 3.63) is 94.1 Å². The molecule has 226 valence electrons. The molecule has 4 rings (SSSR count). The average Bonchev–Trinajstić information content (AvgIpc) is 2.96. The van der Waals surface area contributed by atoms with Gasteiger partial charge in [0.25, 0.3) is 5.91 Å². The summed E-state index contributed by atoms with van der Waals surface area (Å²) in [6, 6.07) is 16.5. The number of benzene rings is 3. The molecule has 0 saturated heterocycles. The molecule has 4 aromatic rings. The summed E-state index contributed by atoms with van der Waals surface area (Å²) in [4.78, 5) is 26.1. The number of halogens is 6. The van der Waals surface area contributed by atoms with Gasteiger partial charge in [0.15, 0.2) is 0 Å². The summed E-state index contributed by atoms with van der Waals surface area (Å²) in [5.74, 6) is -5.58. The molecule has 0 aliphatic carbocycles. The summed E-state index contributed by atoms with van der Waals surface area (Å²) in [5, 5.41) is 22.4. The molecule has 0 fully saturated rings. The second kappa shape index (κ2) is 15.5. The summed E-state index contributed by atoms with van der Waals surface area (Å²) in [5.41, 5.74) is 2.98. The fourth-order valence-corrected chi connectivity index (χ4v) is 3.96. The summed E-state index contributed by atoms with van der Waals surface area (Å²) in [6.07, 6.45) is -2.80. The normalized spacial score (nSPS) is 10.4.